The van der Waals surface area contributed by atoms with Crippen molar-refractivity contribution in [3.8, 4) is 45.4 Å². The normalized spacial score (nSPS) is 12.0. The maximum atomic E-state index is 4.98. The van der Waals surface area contributed by atoms with Gasteiger partial charge in [-0.25, -0.2) is 15.0 Å². The molecule has 0 amide bonds. The lowest BCUT2D eigenvalue weighted by atomic mass is 9.80. The van der Waals surface area contributed by atoms with E-state index in [-0.39, 0.29) is 10.8 Å². The molecular weight excluding hydrogens is 512 g/mol. The van der Waals surface area contributed by atoms with Crippen molar-refractivity contribution >= 4 is 0 Å². The van der Waals surface area contributed by atoms with Crippen molar-refractivity contribution in [3.63, 3.8) is 0 Å². The zero-order valence-electron chi connectivity index (χ0n) is 25.9. The molecule has 0 fully saturated rings. The average molecular weight is 555 g/mol. The van der Waals surface area contributed by atoms with Crippen LogP contribution >= 0.6 is 0 Å². The molecule has 0 saturated carbocycles. The zero-order chi connectivity index (χ0) is 29.7. The van der Waals surface area contributed by atoms with E-state index in [4.69, 9.17) is 19.9 Å². The van der Waals surface area contributed by atoms with E-state index in [1.54, 1.807) is 0 Å². The standard InChI is InChI=1S/C38H42N4/c1-7-24-37(3,4)31-19-14-28(15-20-31)34-40-35(29-16-21-32(22-17-29)38(5,6)25-8-2)42-36(41-34)30-18-23-33(39-26-30)27-12-10-9-11-13-27/h9-23,26H,7-8,24-25H2,1-6H3. The minimum absolute atomic E-state index is 0.127. The van der Waals surface area contributed by atoms with Crippen molar-refractivity contribution in [2.45, 2.75) is 78.1 Å². The molecule has 0 atom stereocenters. The summed E-state index contributed by atoms with van der Waals surface area (Å²) in [5.74, 6) is 1.95. The lowest BCUT2D eigenvalue weighted by Crippen LogP contribution is -2.16. The van der Waals surface area contributed by atoms with E-state index in [1.165, 1.54) is 11.1 Å². The molecule has 5 aromatic rings. The van der Waals surface area contributed by atoms with Gasteiger partial charge in [-0.05, 0) is 46.9 Å². The Morgan fingerprint density at radius 2 is 0.905 bits per heavy atom. The number of pyridine rings is 1. The summed E-state index contributed by atoms with van der Waals surface area (Å²) in [6, 6.07) is 31.7. The average Bonchev–Trinajstić information content (AvgIpc) is 3.01. The van der Waals surface area contributed by atoms with Gasteiger partial charge in [0.15, 0.2) is 17.5 Å². The van der Waals surface area contributed by atoms with Gasteiger partial charge in [-0.15, -0.1) is 0 Å². The van der Waals surface area contributed by atoms with Gasteiger partial charge in [0.25, 0.3) is 0 Å². The Balaban J connectivity index is 1.56. The summed E-state index contributed by atoms with van der Waals surface area (Å²) >= 11 is 0. The number of rotatable bonds is 10. The fourth-order valence-electron chi connectivity index (χ4n) is 5.75. The van der Waals surface area contributed by atoms with Crippen LogP contribution in [0, 0.1) is 0 Å². The summed E-state index contributed by atoms with van der Waals surface area (Å²) in [4.78, 5) is 19.6. The highest BCUT2D eigenvalue weighted by molar-refractivity contribution is 5.68. The lowest BCUT2D eigenvalue weighted by molar-refractivity contribution is 0.473. The molecule has 42 heavy (non-hydrogen) atoms. The summed E-state index contributed by atoms with van der Waals surface area (Å²) in [5.41, 5.74) is 7.73. The Kier molecular flexibility index (Phi) is 8.63. The highest BCUT2D eigenvalue weighted by Crippen LogP contribution is 2.33. The van der Waals surface area contributed by atoms with Crippen LogP contribution in [0.1, 0.15) is 78.4 Å². The second-order valence-electron chi connectivity index (χ2n) is 12.5. The Bertz CT molecular complexity index is 1520. The highest BCUT2D eigenvalue weighted by atomic mass is 15.0. The van der Waals surface area contributed by atoms with E-state index in [9.17, 15) is 0 Å². The first kappa shape index (κ1) is 29.3. The second kappa shape index (κ2) is 12.4. The van der Waals surface area contributed by atoms with Crippen molar-refractivity contribution in [1.29, 1.82) is 0 Å². The van der Waals surface area contributed by atoms with Crippen LogP contribution in [-0.4, -0.2) is 19.9 Å². The molecule has 0 spiro atoms. The molecule has 214 valence electrons. The lowest BCUT2D eigenvalue weighted by Gasteiger charge is -2.25. The molecule has 4 heteroatoms. The van der Waals surface area contributed by atoms with Crippen molar-refractivity contribution in [2.75, 3.05) is 0 Å². The molecule has 4 nitrogen and oxygen atoms in total. The number of nitrogens with zero attached hydrogens (tertiary/aromatic N) is 4. The monoisotopic (exact) mass is 554 g/mol. The Labute approximate surface area is 251 Å². The van der Waals surface area contributed by atoms with Gasteiger partial charge in [-0.2, -0.15) is 0 Å². The fourth-order valence-corrected chi connectivity index (χ4v) is 5.75. The molecular formula is C38H42N4. The molecule has 2 aromatic heterocycles. The third-order valence-electron chi connectivity index (χ3n) is 8.33. The Hall–Kier alpha value is -4.18. The Morgan fingerprint density at radius 1 is 0.476 bits per heavy atom. The minimum atomic E-state index is 0.127. The molecule has 0 unspecified atom stereocenters. The molecule has 0 saturated heterocycles. The first-order valence-electron chi connectivity index (χ1n) is 15.2. The summed E-state index contributed by atoms with van der Waals surface area (Å²) in [6.07, 6.45) is 6.45. The summed E-state index contributed by atoms with van der Waals surface area (Å²) < 4.78 is 0. The number of hydrogen-bond acceptors (Lipinski definition) is 4. The van der Waals surface area contributed by atoms with E-state index in [0.717, 1.165) is 53.6 Å². The van der Waals surface area contributed by atoms with Crippen LogP contribution in [0.4, 0.5) is 0 Å². The summed E-state index contributed by atoms with van der Waals surface area (Å²) in [6.45, 7) is 13.7. The number of hydrogen-bond donors (Lipinski definition) is 0. The predicted molar refractivity (Wildman–Crippen MR) is 175 cm³/mol. The first-order chi connectivity index (χ1) is 20.2. The van der Waals surface area contributed by atoms with Crippen LogP contribution in [-0.2, 0) is 10.8 Å². The smallest absolute Gasteiger partial charge is 0.165 e. The van der Waals surface area contributed by atoms with Crippen LogP contribution in [0.15, 0.2) is 97.2 Å². The minimum Gasteiger partial charge on any atom is -0.255 e. The van der Waals surface area contributed by atoms with Gasteiger partial charge in [0.05, 0.1) is 5.69 Å². The fraction of sp³-hybridized carbons (Fsp3) is 0.316. The van der Waals surface area contributed by atoms with Crippen molar-refractivity contribution in [3.05, 3.63) is 108 Å². The van der Waals surface area contributed by atoms with Gasteiger partial charge in [0.2, 0.25) is 0 Å². The van der Waals surface area contributed by atoms with Crippen LogP contribution in [0.3, 0.4) is 0 Å². The topological polar surface area (TPSA) is 51.6 Å². The van der Waals surface area contributed by atoms with Crippen LogP contribution in [0.25, 0.3) is 45.4 Å². The van der Waals surface area contributed by atoms with E-state index in [0.29, 0.717) is 17.5 Å². The molecule has 5 rings (SSSR count). The molecule has 0 N–H and O–H groups in total. The van der Waals surface area contributed by atoms with Crippen molar-refractivity contribution in [2.24, 2.45) is 0 Å². The van der Waals surface area contributed by atoms with Crippen LogP contribution in [0.2, 0.25) is 0 Å². The number of benzene rings is 3. The second-order valence-corrected chi connectivity index (χ2v) is 12.5. The molecule has 0 aliphatic heterocycles. The quantitative estimate of drug-likeness (QED) is 0.172. The molecule has 3 aromatic carbocycles. The zero-order valence-corrected chi connectivity index (χ0v) is 25.9. The molecule has 0 bridgehead atoms. The Morgan fingerprint density at radius 3 is 1.31 bits per heavy atom. The highest BCUT2D eigenvalue weighted by Gasteiger charge is 2.21. The van der Waals surface area contributed by atoms with E-state index in [2.05, 4.69) is 102 Å². The van der Waals surface area contributed by atoms with Gasteiger partial charge in [-0.1, -0.05) is 133 Å². The van der Waals surface area contributed by atoms with Crippen molar-refractivity contribution < 1.29 is 0 Å². The molecule has 0 radical (unpaired) electrons. The van der Waals surface area contributed by atoms with Crippen molar-refractivity contribution in [1.82, 2.24) is 19.9 Å². The molecule has 2 heterocycles. The van der Waals surface area contributed by atoms with Gasteiger partial charge in [-0.3, -0.25) is 4.98 Å². The molecule has 0 aliphatic carbocycles. The predicted octanol–water partition coefficient (Wildman–Crippen LogP) is 10.1. The maximum absolute atomic E-state index is 4.98. The third-order valence-corrected chi connectivity index (χ3v) is 8.33. The SMILES string of the molecule is CCCC(C)(C)c1ccc(-c2nc(-c3ccc(C(C)(C)CCC)cc3)nc(-c3ccc(-c4ccccc4)nc3)n2)cc1. The van der Waals surface area contributed by atoms with E-state index in [1.807, 2.05) is 36.5 Å². The molecule has 0 aliphatic rings. The van der Waals surface area contributed by atoms with Gasteiger partial charge in [0, 0.05) is 28.5 Å². The summed E-state index contributed by atoms with van der Waals surface area (Å²) in [5, 5.41) is 0. The van der Waals surface area contributed by atoms with E-state index >= 15 is 0 Å². The van der Waals surface area contributed by atoms with Crippen LogP contribution in [0.5, 0.6) is 0 Å². The largest absolute Gasteiger partial charge is 0.255 e. The van der Waals surface area contributed by atoms with E-state index < -0.39 is 0 Å². The third kappa shape index (κ3) is 6.49. The van der Waals surface area contributed by atoms with Gasteiger partial charge in [0.1, 0.15) is 0 Å². The summed E-state index contributed by atoms with van der Waals surface area (Å²) in [7, 11) is 0. The van der Waals surface area contributed by atoms with Gasteiger partial charge < -0.3 is 0 Å². The first-order valence-corrected chi connectivity index (χ1v) is 15.2. The number of aromatic nitrogens is 4. The maximum Gasteiger partial charge on any atom is 0.165 e. The van der Waals surface area contributed by atoms with Gasteiger partial charge >= 0.3 is 0 Å². The van der Waals surface area contributed by atoms with Crippen LogP contribution < -0.4 is 0 Å².